The van der Waals surface area contributed by atoms with E-state index in [2.05, 4.69) is 19.9 Å². The van der Waals surface area contributed by atoms with Gasteiger partial charge in [-0.15, -0.1) is 0 Å². The molecule has 0 aliphatic carbocycles. The minimum atomic E-state index is -3.74. The minimum Gasteiger partial charge on any atom is -0.372 e. The zero-order valence-corrected chi connectivity index (χ0v) is 16.3. The second-order valence-electron chi connectivity index (χ2n) is 6.69. The number of pyridine rings is 1. The summed E-state index contributed by atoms with van der Waals surface area (Å²) in [4.78, 5) is 4.40. The third-order valence-electron chi connectivity index (χ3n) is 4.85. The number of sulfonamides is 1. The fourth-order valence-electron chi connectivity index (χ4n) is 3.44. The fraction of sp³-hybridized carbons (Fsp3) is 0.471. The monoisotopic (exact) mass is 390 g/mol. The minimum absolute atomic E-state index is 0.126. The van der Waals surface area contributed by atoms with E-state index in [1.54, 1.807) is 28.7 Å². The molecule has 1 N–H and O–H groups in total. The van der Waals surface area contributed by atoms with Gasteiger partial charge < -0.3 is 4.74 Å². The first-order valence-electron chi connectivity index (χ1n) is 8.84. The molecule has 3 aromatic heterocycles. The number of aryl methyl sites for hydroxylation is 3. The summed E-state index contributed by atoms with van der Waals surface area (Å²) in [7, 11) is -1.96. The standard InChI is InChI=1S/C17H22N6O3S/c1-4-23-10-12(8-19-23)16-15(5-6-26-16)21-27(24,25)13-7-14-11(2)20-22(3)17(14)18-9-13/h7-10,15-16,21H,4-6H2,1-3H3/t15-,16+/m0/s1. The van der Waals surface area contributed by atoms with Gasteiger partial charge in [0.05, 0.1) is 17.9 Å². The maximum absolute atomic E-state index is 12.9. The van der Waals surface area contributed by atoms with Crippen LogP contribution in [0.4, 0.5) is 0 Å². The summed E-state index contributed by atoms with van der Waals surface area (Å²) in [6.07, 6.45) is 5.24. The molecule has 1 saturated heterocycles. The number of nitrogens with one attached hydrogen (secondary N) is 1. The number of ether oxygens (including phenoxy) is 1. The van der Waals surface area contributed by atoms with Crippen molar-refractivity contribution in [3.63, 3.8) is 0 Å². The molecular weight excluding hydrogens is 368 g/mol. The number of hydrogen-bond acceptors (Lipinski definition) is 6. The van der Waals surface area contributed by atoms with Crippen LogP contribution in [0.1, 0.15) is 30.7 Å². The van der Waals surface area contributed by atoms with E-state index in [0.29, 0.717) is 18.7 Å². The van der Waals surface area contributed by atoms with Crippen LogP contribution < -0.4 is 4.72 Å². The lowest BCUT2D eigenvalue weighted by atomic mass is 10.1. The maximum atomic E-state index is 12.9. The van der Waals surface area contributed by atoms with Crippen molar-refractivity contribution in [2.75, 3.05) is 6.61 Å². The predicted molar refractivity (Wildman–Crippen MR) is 98.6 cm³/mol. The van der Waals surface area contributed by atoms with Crippen molar-refractivity contribution in [2.45, 2.75) is 43.9 Å². The molecule has 0 unspecified atom stereocenters. The Morgan fingerprint density at radius 2 is 2.19 bits per heavy atom. The molecule has 144 valence electrons. The SMILES string of the molecule is CCn1cc([C@H]2OCC[C@@H]2NS(=O)(=O)c2cnc3c(c2)c(C)nn3C)cn1. The molecule has 0 aromatic carbocycles. The van der Waals surface area contributed by atoms with Crippen molar-refractivity contribution in [1.82, 2.24) is 29.3 Å². The molecule has 0 bridgehead atoms. The number of fused-ring (bicyclic) bond motifs is 1. The maximum Gasteiger partial charge on any atom is 0.242 e. The van der Waals surface area contributed by atoms with Crippen LogP contribution in [-0.4, -0.2) is 45.6 Å². The molecule has 0 amide bonds. The molecule has 4 rings (SSSR count). The first-order chi connectivity index (χ1) is 12.9. The van der Waals surface area contributed by atoms with Crippen molar-refractivity contribution in [3.8, 4) is 0 Å². The lowest BCUT2D eigenvalue weighted by Gasteiger charge is -2.18. The van der Waals surface area contributed by atoms with E-state index in [1.807, 2.05) is 20.0 Å². The van der Waals surface area contributed by atoms with Gasteiger partial charge in [0.25, 0.3) is 0 Å². The molecule has 0 radical (unpaired) electrons. The Morgan fingerprint density at radius 1 is 1.37 bits per heavy atom. The third kappa shape index (κ3) is 3.24. The van der Waals surface area contributed by atoms with E-state index in [-0.39, 0.29) is 17.0 Å². The van der Waals surface area contributed by atoms with Crippen LogP contribution in [0.5, 0.6) is 0 Å². The molecular formula is C17H22N6O3S. The molecule has 4 heterocycles. The smallest absolute Gasteiger partial charge is 0.242 e. The highest BCUT2D eigenvalue weighted by Crippen LogP contribution is 2.30. The molecule has 3 aromatic rings. The van der Waals surface area contributed by atoms with Gasteiger partial charge in [-0.05, 0) is 26.3 Å². The van der Waals surface area contributed by atoms with Crippen LogP contribution in [0, 0.1) is 6.92 Å². The summed E-state index contributed by atoms with van der Waals surface area (Å²) in [6.45, 7) is 5.07. The summed E-state index contributed by atoms with van der Waals surface area (Å²) < 4.78 is 37.9. The summed E-state index contributed by atoms with van der Waals surface area (Å²) in [6, 6.07) is 1.27. The Balaban J connectivity index is 1.61. The Hall–Kier alpha value is -2.30. The second kappa shape index (κ2) is 6.70. The molecule has 27 heavy (non-hydrogen) atoms. The van der Waals surface area contributed by atoms with E-state index in [4.69, 9.17) is 4.74 Å². The lowest BCUT2D eigenvalue weighted by Crippen LogP contribution is -2.36. The van der Waals surface area contributed by atoms with Gasteiger partial charge in [0.1, 0.15) is 11.0 Å². The lowest BCUT2D eigenvalue weighted by molar-refractivity contribution is 0.102. The number of hydrogen-bond donors (Lipinski definition) is 1. The molecule has 2 atom stereocenters. The average molecular weight is 390 g/mol. The summed E-state index contributed by atoms with van der Waals surface area (Å²) in [5.41, 5.74) is 2.27. The quantitative estimate of drug-likeness (QED) is 0.704. The second-order valence-corrected chi connectivity index (χ2v) is 8.40. The molecule has 1 aliphatic heterocycles. The van der Waals surface area contributed by atoms with Crippen LogP contribution in [0.25, 0.3) is 11.0 Å². The van der Waals surface area contributed by atoms with E-state index in [0.717, 1.165) is 23.2 Å². The largest absolute Gasteiger partial charge is 0.372 e. The zero-order chi connectivity index (χ0) is 19.2. The number of rotatable bonds is 5. The normalized spacial score (nSPS) is 20.6. The average Bonchev–Trinajstić information content (AvgIpc) is 3.34. The van der Waals surface area contributed by atoms with E-state index in [1.165, 1.54) is 6.20 Å². The van der Waals surface area contributed by atoms with Crippen LogP contribution >= 0.6 is 0 Å². The highest BCUT2D eigenvalue weighted by Gasteiger charge is 2.34. The fourth-order valence-corrected chi connectivity index (χ4v) is 4.68. The Kier molecular flexibility index (Phi) is 4.49. The van der Waals surface area contributed by atoms with Crippen LogP contribution in [0.2, 0.25) is 0 Å². The Labute approximate surface area is 157 Å². The van der Waals surface area contributed by atoms with E-state index < -0.39 is 10.0 Å². The summed E-state index contributed by atoms with van der Waals surface area (Å²) in [5.74, 6) is 0. The van der Waals surface area contributed by atoms with Crippen molar-refractivity contribution in [1.29, 1.82) is 0 Å². The van der Waals surface area contributed by atoms with Gasteiger partial charge in [-0.3, -0.25) is 9.36 Å². The van der Waals surface area contributed by atoms with Gasteiger partial charge in [0, 0.05) is 43.5 Å². The van der Waals surface area contributed by atoms with Gasteiger partial charge in [-0.1, -0.05) is 0 Å². The van der Waals surface area contributed by atoms with Crippen molar-refractivity contribution >= 4 is 21.1 Å². The van der Waals surface area contributed by atoms with Crippen LogP contribution in [-0.2, 0) is 28.4 Å². The molecule has 0 spiro atoms. The third-order valence-corrected chi connectivity index (χ3v) is 6.31. The summed E-state index contributed by atoms with van der Waals surface area (Å²) >= 11 is 0. The number of nitrogens with zero attached hydrogens (tertiary/aromatic N) is 5. The van der Waals surface area contributed by atoms with Gasteiger partial charge in [-0.2, -0.15) is 10.2 Å². The first kappa shape index (κ1) is 18.1. The zero-order valence-electron chi connectivity index (χ0n) is 15.5. The van der Waals surface area contributed by atoms with Gasteiger partial charge in [-0.25, -0.2) is 18.1 Å². The first-order valence-corrected chi connectivity index (χ1v) is 10.3. The highest BCUT2D eigenvalue weighted by molar-refractivity contribution is 7.89. The predicted octanol–water partition coefficient (Wildman–Crippen LogP) is 1.30. The molecule has 9 nitrogen and oxygen atoms in total. The Morgan fingerprint density at radius 3 is 2.93 bits per heavy atom. The molecule has 0 saturated carbocycles. The Bertz CT molecular complexity index is 1090. The van der Waals surface area contributed by atoms with Crippen molar-refractivity contribution in [2.24, 2.45) is 7.05 Å². The van der Waals surface area contributed by atoms with Crippen molar-refractivity contribution < 1.29 is 13.2 Å². The highest BCUT2D eigenvalue weighted by atomic mass is 32.2. The van der Waals surface area contributed by atoms with Crippen molar-refractivity contribution in [3.05, 3.63) is 35.9 Å². The number of aromatic nitrogens is 5. The van der Waals surface area contributed by atoms with Gasteiger partial charge in [0.2, 0.25) is 10.0 Å². The topological polar surface area (TPSA) is 104 Å². The van der Waals surface area contributed by atoms with Gasteiger partial charge >= 0.3 is 0 Å². The van der Waals surface area contributed by atoms with Crippen LogP contribution in [0.3, 0.4) is 0 Å². The summed E-state index contributed by atoms with van der Waals surface area (Å²) in [5, 5.41) is 9.27. The van der Waals surface area contributed by atoms with Gasteiger partial charge in [0.15, 0.2) is 5.65 Å². The molecule has 1 fully saturated rings. The molecule has 10 heteroatoms. The van der Waals surface area contributed by atoms with Crippen LogP contribution in [0.15, 0.2) is 29.6 Å². The molecule has 1 aliphatic rings. The van der Waals surface area contributed by atoms with E-state index in [9.17, 15) is 8.42 Å². The van der Waals surface area contributed by atoms with E-state index >= 15 is 0 Å².